The number of hydrogen-bond donors (Lipinski definition) is 1. The fourth-order valence-electron chi connectivity index (χ4n) is 1.23. The molecule has 0 aromatic heterocycles. The molecule has 0 aliphatic rings. The van der Waals surface area contributed by atoms with E-state index in [1.165, 1.54) is 6.07 Å². The number of hydrogen-bond acceptors (Lipinski definition) is 2. The van der Waals surface area contributed by atoms with Crippen LogP contribution in [-0.2, 0) is 10.1 Å². The van der Waals surface area contributed by atoms with Gasteiger partial charge in [-0.3, -0.25) is 4.55 Å². The van der Waals surface area contributed by atoms with Gasteiger partial charge in [-0.05, 0) is 4.90 Å². The molecule has 0 unspecified atom stereocenters. The Labute approximate surface area is 104 Å². The zero-order valence-electron chi connectivity index (χ0n) is 9.40. The van der Waals surface area contributed by atoms with Crippen molar-refractivity contribution in [2.45, 2.75) is 24.5 Å². The van der Waals surface area contributed by atoms with Gasteiger partial charge < -0.3 is 0 Å². The molecule has 3 nitrogen and oxygen atoms in total. The van der Waals surface area contributed by atoms with Crippen LogP contribution in [0.15, 0.2) is 23.1 Å². The van der Waals surface area contributed by atoms with Gasteiger partial charge in [-0.25, -0.2) is 0 Å². The summed E-state index contributed by atoms with van der Waals surface area (Å²) in [6, 6.07) is 7.55. The van der Waals surface area contributed by atoms with E-state index < -0.39 is 18.2 Å². The van der Waals surface area contributed by atoms with Crippen molar-refractivity contribution in [2.24, 2.45) is 0 Å². The molecule has 0 amide bonds. The topological polar surface area (TPSA) is 54.4 Å². The largest absolute Gasteiger partial charge is 1.00 e. The molecule has 1 aromatic carbocycles. The van der Waals surface area contributed by atoms with Crippen LogP contribution >= 0.6 is 0 Å². The number of benzene rings is 1. The van der Waals surface area contributed by atoms with E-state index >= 15 is 0 Å². The Balaban J connectivity index is 0.00000196. The molecule has 0 saturated carbocycles. The standard InChI is InChI=1S/C9H13O3SSi.Li/c1-14(2,3)9-7-5-4-6-8(9)13(10,11)12;/h4-5,7H,1-3H3,(H,10,11,12);/q-1;+1. The van der Waals surface area contributed by atoms with Crippen molar-refractivity contribution < 1.29 is 31.8 Å². The van der Waals surface area contributed by atoms with E-state index in [1.807, 2.05) is 19.6 Å². The molecule has 15 heavy (non-hydrogen) atoms. The fourth-order valence-corrected chi connectivity index (χ4v) is 4.44. The van der Waals surface area contributed by atoms with Gasteiger partial charge in [-0.2, -0.15) is 32.7 Å². The smallest absolute Gasteiger partial charge is 0.283 e. The van der Waals surface area contributed by atoms with Crippen molar-refractivity contribution in [1.29, 1.82) is 0 Å². The van der Waals surface area contributed by atoms with Crippen molar-refractivity contribution in [3.05, 3.63) is 24.3 Å². The molecule has 78 valence electrons. The van der Waals surface area contributed by atoms with Crippen LogP contribution in [0.25, 0.3) is 0 Å². The molecule has 1 aromatic rings. The second-order valence-corrected chi connectivity index (χ2v) is 10.5. The first-order valence-electron chi connectivity index (χ1n) is 4.21. The van der Waals surface area contributed by atoms with Crippen LogP contribution in [0.5, 0.6) is 0 Å². The minimum atomic E-state index is -4.14. The minimum Gasteiger partial charge on any atom is -0.283 e. The van der Waals surface area contributed by atoms with Crippen LogP contribution in [0.1, 0.15) is 0 Å². The van der Waals surface area contributed by atoms with Gasteiger partial charge >= 0.3 is 18.9 Å². The van der Waals surface area contributed by atoms with Crippen LogP contribution in [0, 0.1) is 6.07 Å². The number of rotatable bonds is 2. The Morgan fingerprint density at radius 2 is 1.87 bits per heavy atom. The molecule has 0 aliphatic carbocycles. The van der Waals surface area contributed by atoms with Gasteiger partial charge in [0, 0.05) is 8.07 Å². The van der Waals surface area contributed by atoms with Crippen LogP contribution in [-0.4, -0.2) is 21.0 Å². The first kappa shape index (κ1) is 14.9. The van der Waals surface area contributed by atoms with Gasteiger partial charge in [0.15, 0.2) is 0 Å². The monoisotopic (exact) mass is 236 g/mol. The molecule has 0 aliphatic heterocycles. The summed E-state index contributed by atoms with van der Waals surface area (Å²) in [7, 11) is -5.90. The summed E-state index contributed by atoms with van der Waals surface area (Å²) in [6.45, 7) is 6.06. The van der Waals surface area contributed by atoms with Crippen molar-refractivity contribution in [3.8, 4) is 0 Å². The van der Waals surface area contributed by atoms with Crippen molar-refractivity contribution in [1.82, 2.24) is 0 Å². The third-order valence-electron chi connectivity index (χ3n) is 1.88. The first-order valence-corrected chi connectivity index (χ1v) is 9.15. The van der Waals surface area contributed by atoms with Crippen LogP contribution in [0.3, 0.4) is 0 Å². The average molecular weight is 236 g/mol. The Morgan fingerprint density at radius 3 is 2.20 bits per heavy atom. The van der Waals surface area contributed by atoms with Gasteiger partial charge in [-0.1, -0.05) is 19.6 Å². The van der Waals surface area contributed by atoms with Gasteiger partial charge in [-0.15, -0.1) is 5.19 Å². The normalized spacial score (nSPS) is 12.0. The maximum absolute atomic E-state index is 11.0. The van der Waals surface area contributed by atoms with Crippen molar-refractivity contribution in [2.75, 3.05) is 0 Å². The SMILES string of the molecule is C[Si](C)(C)c1ccc[c-]c1S(=O)(=O)O.[Li+]. The zero-order valence-corrected chi connectivity index (χ0v) is 11.2. The molecular formula is C9H13LiO3SSi. The third kappa shape index (κ3) is 3.78. The fraction of sp³-hybridized carbons (Fsp3) is 0.333. The van der Waals surface area contributed by atoms with E-state index in [0.29, 0.717) is 5.19 Å². The second kappa shape index (κ2) is 4.85. The Kier molecular flexibility index (Phi) is 4.83. The summed E-state index contributed by atoms with van der Waals surface area (Å²) in [6.07, 6.45) is 0. The first-order chi connectivity index (χ1) is 6.23. The van der Waals surface area contributed by atoms with Gasteiger partial charge in [0.1, 0.15) is 0 Å². The van der Waals surface area contributed by atoms with Gasteiger partial charge in [0.05, 0.1) is 0 Å². The quantitative estimate of drug-likeness (QED) is 0.378. The molecule has 0 heterocycles. The maximum Gasteiger partial charge on any atom is 1.00 e. The van der Waals surface area contributed by atoms with Crippen LogP contribution < -0.4 is 24.0 Å². The molecule has 0 radical (unpaired) electrons. The summed E-state index contributed by atoms with van der Waals surface area (Å²) < 4.78 is 31.1. The van der Waals surface area contributed by atoms with Gasteiger partial charge in [0.2, 0.25) is 0 Å². The van der Waals surface area contributed by atoms with E-state index in [-0.39, 0.29) is 23.8 Å². The summed E-state index contributed by atoms with van der Waals surface area (Å²) in [5.74, 6) is 0. The molecule has 0 atom stereocenters. The van der Waals surface area contributed by atoms with Crippen molar-refractivity contribution >= 4 is 23.4 Å². The minimum absolute atomic E-state index is 0. The summed E-state index contributed by atoms with van der Waals surface area (Å²) >= 11 is 0. The summed E-state index contributed by atoms with van der Waals surface area (Å²) in [4.78, 5) is -0.0702. The van der Waals surface area contributed by atoms with Crippen LogP contribution in [0.4, 0.5) is 0 Å². The van der Waals surface area contributed by atoms with E-state index in [4.69, 9.17) is 4.55 Å². The summed E-state index contributed by atoms with van der Waals surface area (Å²) in [5, 5.41) is 0.711. The molecule has 0 fully saturated rings. The Morgan fingerprint density at radius 1 is 1.33 bits per heavy atom. The third-order valence-corrected chi connectivity index (χ3v) is 4.95. The van der Waals surface area contributed by atoms with E-state index in [2.05, 4.69) is 6.07 Å². The zero-order chi connectivity index (χ0) is 11.0. The molecule has 0 bridgehead atoms. The molecular weight excluding hydrogens is 223 g/mol. The predicted molar refractivity (Wildman–Crippen MR) is 58.1 cm³/mol. The molecule has 6 heteroatoms. The van der Waals surface area contributed by atoms with Crippen LogP contribution in [0.2, 0.25) is 19.6 Å². The van der Waals surface area contributed by atoms with E-state index in [0.717, 1.165) is 0 Å². The summed E-state index contributed by atoms with van der Waals surface area (Å²) in [5.41, 5.74) is 0. The van der Waals surface area contributed by atoms with Gasteiger partial charge in [0.25, 0.3) is 10.1 Å². The second-order valence-electron chi connectivity index (χ2n) is 4.14. The molecule has 1 rings (SSSR count). The molecule has 1 N–H and O–H groups in total. The molecule has 0 spiro atoms. The van der Waals surface area contributed by atoms with E-state index in [9.17, 15) is 8.42 Å². The van der Waals surface area contributed by atoms with Crippen molar-refractivity contribution in [3.63, 3.8) is 0 Å². The maximum atomic E-state index is 11.0. The van der Waals surface area contributed by atoms with E-state index in [1.54, 1.807) is 12.1 Å². The Bertz CT molecular complexity index is 437. The molecule has 0 saturated heterocycles. The average Bonchev–Trinajstić information content (AvgIpc) is 2.01. The predicted octanol–water partition coefficient (Wildman–Crippen LogP) is -1.72. The Hall–Kier alpha value is -0.0557.